The third kappa shape index (κ3) is 21.2. The van der Waals surface area contributed by atoms with Crippen molar-refractivity contribution in [1.82, 2.24) is 45.6 Å². The summed E-state index contributed by atoms with van der Waals surface area (Å²) in [6.45, 7) is 25.7. The first-order chi connectivity index (χ1) is 31.8. The zero-order valence-corrected chi connectivity index (χ0v) is 44.2. The maximum atomic E-state index is 12.3. The number of nitrogens with zero attached hydrogens (tertiary/aromatic N) is 6. The van der Waals surface area contributed by atoms with Crippen molar-refractivity contribution in [3.8, 4) is 0 Å². The molecule has 0 aromatic carbocycles. The molecule has 3 rings (SSSR count). The Morgan fingerprint density at radius 2 is 0.855 bits per heavy atom. The van der Waals surface area contributed by atoms with E-state index < -0.39 is 54.0 Å². The van der Waals surface area contributed by atoms with Crippen LogP contribution in [-0.4, -0.2) is 131 Å². The molecule has 0 aliphatic rings. The van der Waals surface area contributed by atoms with Crippen LogP contribution >= 0.6 is 34.0 Å². The lowest BCUT2D eigenvalue weighted by atomic mass is 10.0. The number of methoxy groups -OCH3 is 2. The van der Waals surface area contributed by atoms with Crippen molar-refractivity contribution in [2.45, 2.75) is 125 Å². The van der Waals surface area contributed by atoms with Crippen LogP contribution in [0.25, 0.3) is 0 Å². The van der Waals surface area contributed by atoms with E-state index in [1.165, 1.54) is 35.0 Å². The number of rotatable bonds is 21. The van der Waals surface area contributed by atoms with Crippen LogP contribution in [0.1, 0.15) is 120 Å². The van der Waals surface area contributed by atoms with Crippen LogP contribution in [0.5, 0.6) is 0 Å². The van der Waals surface area contributed by atoms with E-state index in [1.807, 2.05) is 16.1 Å². The predicted octanol–water partition coefficient (Wildman–Crippen LogP) is 7.88. The first kappa shape index (κ1) is 63.3. The van der Waals surface area contributed by atoms with Gasteiger partial charge in [0.15, 0.2) is 0 Å². The van der Waals surface area contributed by atoms with Gasteiger partial charge in [0.2, 0.25) is 0 Å². The molecule has 0 fully saturated rings. The van der Waals surface area contributed by atoms with E-state index in [4.69, 9.17) is 9.84 Å². The first-order valence-electron chi connectivity index (χ1n) is 21.8. The Morgan fingerprint density at radius 3 is 1.09 bits per heavy atom. The van der Waals surface area contributed by atoms with Gasteiger partial charge in [-0.05, 0) is 0 Å². The second-order valence-corrected chi connectivity index (χ2v) is 19.6. The number of thiazole rings is 3. The quantitative estimate of drug-likeness (QED) is 0.0452. The van der Waals surface area contributed by atoms with Crippen molar-refractivity contribution in [3.63, 3.8) is 0 Å². The highest BCUT2D eigenvalue weighted by atomic mass is 32.1. The molecule has 0 aliphatic carbocycles. The molecule has 3 unspecified atom stereocenters. The lowest BCUT2D eigenvalue weighted by Crippen LogP contribution is -2.50. The second kappa shape index (κ2) is 31.4. The predicted molar refractivity (Wildman–Crippen MR) is 272 cm³/mol. The van der Waals surface area contributed by atoms with Crippen LogP contribution in [0.2, 0.25) is 0 Å². The van der Waals surface area contributed by atoms with Crippen LogP contribution in [0.3, 0.4) is 0 Å². The third-order valence-corrected chi connectivity index (χ3v) is 13.6. The Kier molecular flexibility index (Phi) is 28.8. The Morgan fingerprint density at radius 1 is 0.580 bits per heavy atom. The number of ether oxygens (including phenoxy) is 2. The molecule has 3 aromatic rings. The SMILES string of the molecule is C.C=CC(C)[C@@H](NC(=O)N(C)Cc1csc(C(C)C)n1)C(=O)OC.C=CC(C)[C@H](NC(=O)N(C)Cc1csc(C(C)C)n1)C(=O)O.COC(=O)[C@@H](NC(=O)N(C)Cc1csc(C(C)C)n1)C(C)C=O. The smallest absolute Gasteiger partial charge is 0.329 e. The molecule has 3 aromatic heterocycles. The maximum absolute atomic E-state index is 12.3. The molecule has 0 aliphatic heterocycles. The number of aromatic nitrogens is 3. The van der Waals surface area contributed by atoms with Crippen LogP contribution in [0, 0.1) is 17.8 Å². The van der Waals surface area contributed by atoms with Gasteiger partial charge in [-0.3, -0.25) is 0 Å². The minimum atomic E-state index is -1.08. The number of aliphatic carboxylic acids is 1. The summed E-state index contributed by atoms with van der Waals surface area (Å²) in [6.07, 6.45) is 3.73. The number of urea groups is 3. The molecule has 19 nitrogen and oxygen atoms in total. The van der Waals surface area contributed by atoms with Crippen LogP contribution in [0.15, 0.2) is 41.5 Å². The van der Waals surface area contributed by atoms with Gasteiger partial charge in [-0.2, -0.15) is 0 Å². The van der Waals surface area contributed by atoms with Gasteiger partial charge in [0.25, 0.3) is 0 Å². The van der Waals surface area contributed by atoms with Gasteiger partial charge in [-0.15, -0.1) is 47.2 Å². The zero-order valence-electron chi connectivity index (χ0n) is 41.7. The molecule has 386 valence electrons. The van der Waals surface area contributed by atoms with E-state index in [2.05, 4.69) is 90.3 Å². The van der Waals surface area contributed by atoms with Crippen molar-refractivity contribution in [1.29, 1.82) is 0 Å². The number of amides is 6. The fraction of sp³-hybridized carbons (Fsp3) is 0.574. The van der Waals surface area contributed by atoms with Crippen molar-refractivity contribution >= 4 is 76.3 Å². The molecule has 69 heavy (non-hydrogen) atoms. The number of nitrogens with one attached hydrogen (secondary N) is 3. The monoisotopic (exact) mass is 1020 g/mol. The van der Waals surface area contributed by atoms with Crippen LogP contribution < -0.4 is 16.0 Å². The first-order valence-corrected chi connectivity index (χ1v) is 24.5. The molecule has 0 spiro atoms. The highest BCUT2D eigenvalue weighted by Gasteiger charge is 2.30. The van der Waals surface area contributed by atoms with Crippen LogP contribution in [-0.2, 0) is 48.3 Å². The summed E-state index contributed by atoms with van der Waals surface area (Å²) in [5, 5.41) is 25.7. The van der Waals surface area contributed by atoms with E-state index in [9.17, 15) is 33.6 Å². The zero-order chi connectivity index (χ0) is 52.0. The number of carboxylic acids is 1. The van der Waals surface area contributed by atoms with Crippen molar-refractivity contribution in [3.05, 3.63) is 73.6 Å². The molecular weight excluding hydrogens is 947 g/mol. The largest absolute Gasteiger partial charge is 0.480 e. The number of hydrogen-bond acceptors (Lipinski definition) is 15. The second-order valence-electron chi connectivity index (χ2n) is 16.9. The molecule has 0 saturated carbocycles. The summed E-state index contributed by atoms with van der Waals surface area (Å²) in [5.74, 6) is -2.43. The van der Waals surface area contributed by atoms with E-state index >= 15 is 0 Å². The molecule has 0 saturated heterocycles. The number of hydrogen-bond donors (Lipinski definition) is 4. The van der Waals surface area contributed by atoms with Gasteiger partial charge in [-0.25, -0.2) is 43.7 Å². The number of aldehydes is 1. The summed E-state index contributed by atoms with van der Waals surface area (Å²) >= 11 is 4.70. The molecule has 3 heterocycles. The molecule has 0 bridgehead atoms. The molecule has 4 N–H and O–H groups in total. The Labute approximate surface area is 420 Å². The Hall–Kier alpha value is -5.74. The fourth-order valence-electron chi connectivity index (χ4n) is 5.49. The summed E-state index contributed by atoms with van der Waals surface area (Å²) in [5.41, 5.74) is 2.42. The van der Waals surface area contributed by atoms with Gasteiger partial charge in [0.1, 0.15) is 24.4 Å². The summed E-state index contributed by atoms with van der Waals surface area (Å²) in [4.78, 5) is 99.9. The standard InChI is InChI=1S/C16H25N3O3S.C15H23N3O4S.C15H23N3O3S.CH4/c1-7-11(4)13(15(20)22-6)18-16(21)19(5)8-12-9-23-14(17-12)10(2)3;1-9(2)13-16-11(8-23-13)6-18(4)15(21)17-12(10(3)7-19)14(20)22-5;1-6-10(4)12(14(19)20)17-15(21)18(5)7-11-8-22-13(16-11)9(2)3;/h7,9-11,13H,1,8H2,2-6H3,(H,18,21);7-10,12H,6H2,1-5H3,(H,17,21);6,8-10,12H,1,7H2,2-5H3,(H,17,21)(H,19,20);1H4/t11?,13-;2*10?,12-;/m100./s1. The fourth-order valence-corrected chi connectivity index (χ4v) is 7.97. The van der Waals surface area contributed by atoms with Gasteiger partial charge >= 0.3 is 36.0 Å². The van der Waals surface area contributed by atoms with Crippen molar-refractivity contribution in [2.24, 2.45) is 17.8 Å². The topological polar surface area (TPSA) is 243 Å². The normalized spacial score (nSPS) is 13.2. The average Bonchev–Trinajstić information content (AvgIpc) is 4.10. The summed E-state index contributed by atoms with van der Waals surface area (Å²) < 4.78 is 9.36. The van der Waals surface area contributed by atoms with E-state index in [-0.39, 0.29) is 25.3 Å². The summed E-state index contributed by atoms with van der Waals surface area (Å²) in [6, 6.07) is -4.01. The maximum Gasteiger partial charge on any atom is 0.329 e. The highest BCUT2D eigenvalue weighted by Crippen LogP contribution is 2.22. The summed E-state index contributed by atoms with van der Waals surface area (Å²) in [7, 11) is 7.39. The molecular formula is C47H75N9O10S3. The lowest BCUT2D eigenvalue weighted by molar-refractivity contribution is -0.145. The van der Waals surface area contributed by atoms with Crippen molar-refractivity contribution < 1.29 is 48.1 Å². The number of carboxylic acid groups (broad SMARTS) is 1. The van der Waals surface area contributed by atoms with Crippen molar-refractivity contribution in [2.75, 3.05) is 35.4 Å². The lowest BCUT2D eigenvalue weighted by Gasteiger charge is -2.24. The number of carbonyl (C=O) groups is 7. The van der Waals surface area contributed by atoms with Gasteiger partial charge in [0.05, 0.1) is 66.0 Å². The molecule has 6 amide bonds. The molecule has 0 radical (unpaired) electrons. The average molecular weight is 1020 g/mol. The number of esters is 2. The minimum absolute atomic E-state index is 0. The van der Waals surface area contributed by atoms with E-state index in [1.54, 1.807) is 82.0 Å². The Balaban J connectivity index is 0.000000998. The van der Waals surface area contributed by atoms with Crippen LogP contribution in [0.4, 0.5) is 14.4 Å². The van der Waals surface area contributed by atoms with E-state index in [0.717, 1.165) is 32.1 Å². The number of carbonyl (C=O) groups excluding carboxylic acids is 6. The third-order valence-electron chi connectivity index (χ3n) is 9.98. The Bertz CT molecular complexity index is 2020. The minimum Gasteiger partial charge on any atom is -0.480 e. The van der Waals surface area contributed by atoms with Gasteiger partial charge in [0, 0.05) is 72.8 Å². The molecule has 22 heteroatoms. The van der Waals surface area contributed by atoms with E-state index in [0.29, 0.717) is 43.7 Å². The molecule has 6 atom stereocenters. The highest BCUT2D eigenvalue weighted by molar-refractivity contribution is 7.10. The van der Waals surface area contributed by atoms with Gasteiger partial charge < -0.3 is 50.0 Å². The van der Waals surface area contributed by atoms with Gasteiger partial charge in [-0.1, -0.05) is 81.9 Å².